The summed E-state index contributed by atoms with van der Waals surface area (Å²) < 4.78 is 31.2. The summed E-state index contributed by atoms with van der Waals surface area (Å²) in [5, 5.41) is 4.87. The molecule has 0 fully saturated rings. The van der Waals surface area contributed by atoms with Gasteiger partial charge in [-0.1, -0.05) is 34.1 Å². The number of nitrogens with zero attached hydrogens (tertiary/aromatic N) is 1. The number of hydrogen-bond donors (Lipinski definition) is 1. The normalized spacial score (nSPS) is 11.1. The van der Waals surface area contributed by atoms with Crippen molar-refractivity contribution < 1.29 is 23.1 Å². The zero-order chi connectivity index (χ0) is 24.8. The molecule has 3 aromatic carbocycles. The van der Waals surface area contributed by atoms with Gasteiger partial charge in [0.05, 0.1) is 13.3 Å². The Morgan fingerprint density at radius 3 is 2.71 bits per heavy atom. The highest BCUT2D eigenvalue weighted by Crippen LogP contribution is 2.34. The molecule has 1 aromatic heterocycles. The van der Waals surface area contributed by atoms with Crippen LogP contribution in [0.3, 0.4) is 0 Å². The summed E-state index contributed by atoms with van der Waals surface area (Å²) in [4.78, 5) is 12.5. The summed E-state index contributed by atoms with van der Waals surface area (Å²) in [6.07, 6.45) is 3.79. The average Bonchev–Trinajstić information content (AvgIpc) is 3.27. The number of rotatable bonds is 9. The summed E-state index contributed by atoms with van der Waals surface area (Å²) >= 11 is 3.40. The molecule has 0 aliphatic carbocycles. The molecule has 0 unspecified atom stereocenters. The molecular weight excluding hydrogens is 515 g/mol. The van der Waals surface area contributed by atoms with E-state index in [1.165, 1.54) is 18.3 Å². The molecule has 0 radical (unpaired) electrons. The topological polar surface area (TPSA) is 73.1 Å². The number of allylic oxidation sites excluding steroid dienone is 1. The molecular formula is C27H22BrFN2O4. The maximum Gasteiger partial charge on any atom is 0.307 e. The van der Waals surface area contributed by atoms with E-state index >= 15 is 0 Å². The second kappa shape index (κ2) is 11.0. The van der Waals surface area contributed by atoms with Gasteiger partial charge < -0.3 is 13.9 Å². The van der Waals surface area contributed by atoms with Crippen LogP contribution in [0.1, 0.15) is 27.2 Å². The Balaban J connectivity index is 1.50. The molecule has 0 spiro atoms. The van der Waals surface area contributed by atoms with Crippen LogP contribution < -0.4 is 14.9 Å². The van der Waals surface area contributed by atoms with Gasteiger partial charge in [0.25, 0.3) is 0 Å². The third-order valence-corrected chi connectivity index (χ3v) is 5.61. The monoisotopic (exact) mass is 536 g/mol. The van der Waals surface area contributed by atoms with Crippen molar-refractivity contribution in [3.8, 4) is 11.5 Å². The first-order chi connectivity index (χ1) is 17.0. The molecule has 0 saturated heterocycles. The number of halogens is 2. The van der Waals surface area contributed by atoms with Crippen molar-refractivity contribution in [3.05, 3.63) is 106 Å². The number of nitrogens with one attached hydrogen (secondary N) is 1. The van der Waals surface area contributed by atoms with E-state index in [4.69, 9.17) is 13.9 Å². The van der Waals surface area contributed by atoms with E-state index in [-0.39, 0.29) is 18.2 Å². The van der Waals surface area contributed by atoms with Gasteiger partial charge in [-0.2, -0.15) is 5.10 Å². The van der Waals surface area contributed by atoms with Crippen LogP contribution in [0.15, 0.2) is 87.3 Å². The maximum absolute atomic E-state index is 13.2. The average molecular weight is 537 g/mol. The van der Waals surface area contributed by atoms with Crippen LogP contribution in [0.4, 0.5) is 4.39 Å². The highest BCUT2D eigenvalue weighted by molar-refractivity contribution is 9.10. The van der Waals surface area contributed by atoms with Crippen molar-refractivity contribution in [2.45, 2.75) is 13.0 Å². The fraction of sp³-hybridized carbons (Fsp3) is 0.111. The number of fused-ring (bicyclic) bond motifs is 1. The SMILES string of the molecule is C=CCc1cc(/C=N/NC(=O)c2cc3cc(Br)ccc3o2)cc(OC)c1OCc1ccc(F)cc1. The van der Waals surface area contributed by atoms with Crippen LogP contribution in [0.25, 0.3) is 11.0 Å². The number of carbonyl (C=O) groups excluding carboxylic acids is 1. The van der Waals surface area contributed by atoms with Crippen molar-refractivity contribution in [1.82, 2.24) is 5.43 Å². The lowest BCUT2D eigenvalue weighted by molar-refractivity contribution is 0.0929. The van der Waals surface area contributed by atoms with Crippen molar-refractivity contribution in [2.75, 3.05) is 7.11 Å². The van der Waals surface area contributed by atoms with E-state index in [0.717, 1.165) is 21.0 Å². The summed E-state index contributed by atoms with van der Waals surface area (Å²) in [7, 11) is 1.54. The number of methoxy groups -OCH3 is 1. The molecule has 4 aromatic rings. The molecule has 0 atom stereocenters. The summed E-state index contributed by atoms with van der Waals surface area (Å²) in [6, 6.07) is 16.9. The van der Waals surface area contributed by atoms with Crippen LogP contribution in [0.5, 0.6) is 11.5 Å². The molecule has 4 rings (SSSR count). The second-order valence-corrected chi connectivity index (χ2v) is 8.53. The first-order valence-electron chi connectivity index (χ1n) is 10.7. The van der Waals surface area contributed by atoms with E-state index in [1.54, 1.807) is 43.5 Å². The van der Waals surface area contributed by atoms with Crippen molar-refractivity contribution in [3.63, 3.8) is 0 Å². The maximum atomic E-state index is 13.2. The van der Waals surface area contributed by atoms with Gasteiger partial charge in [0.2, 0.25) is 0 Å². The Labute approximate surface area is 210 Å². The number of amides is 1. The highest BCUT2D eigenvalue weighted by atomic mass is 79.9. The van der Waals surface area contributed by atoms with Gasteiger partial charge in [0, 0.05) is 15.4 Å². The number of furan rings is 1. The Hall–Kier alpha value is -3.91. The van der Waals surface area contributed by atoms with Crippen molar-refractivity contribution in [2.24, 2.45) is 5.10 Å². The van der Waals surface area contributed by atoms with Gasteiger partial charge >= 0.3 is 5.91 Å². The van der Waals surface area contributed by atoms with Gasteiger partial charge in [-0.05, 0) is 66.1 Å². The van der Waals surface area contributed by atoms with E-state index in [1.807, 2.05) is 18.2 Å². The minimum Gasteiger partial charge on any atom is -0.493 e. The zero-order valence-electron chi connectivity index (χ0n) is 18.9. The lowest BCUT2D eigenvalue weighted by Crippen LogP contribution is -2.16. The minimum absolute atomic E-state index is 0.157. The Bertz CT molecular complexity index is 1400. The first kappa shape index (κ1) is 24.2. The number of hydrogen-bond acceptors (Lipinski definition) is 5. The number of hydrazone groups is 1. The third kappa shape index (κ3) is 5.96. The van der Waals surface area contributed by atoms with Gasteiger partial charge in [-0.3, -0.25) is 4.79 Å². The predicted molar refractivity (Wildman–Crippen MR) is 137 cm³/mol. The second-order valence-electron chi connectivity index (χ2n) is 7.61. The quantitative estimate of drug-likeness (QED) is 0.152. The van der Waals surface area contributed by atoms with Gasteiger partial charge in [0.1, 0.15) is 18.0 Å². The molecule has 35 heavy (non-hydrogen) atoms. The third-order valence-electron chi connectivity index (χ3n) is 5.12. The summed E-state index contributed by atoms with van der Waals surface area (Å²) in [5.41, 5.74) is 5.44. The number of ether oxygens (including phenoxy) is 2. The highest BCUT2D eigenvalue weighted by Gasteiger charge is 2.14. The number of carbonyl (C=O) groups is 1. The molecule has 6 nitrogen and oxygen atoms in total. The molecule has 8 heteroatoms. The molecule has 1 heterocycles. The van der Waals surface area contributed by atoms with Crippen molar-refractivity contribution >= 4 is 39.0 Å². The van der Waals surface area contributed by atoms with Crippen LogP contribution in [-0.2, 0) is 13.0 Å². The van der Waals surface area contributed by atoms with E-state index in [2.05, 4.69) is 33.0 Å². The molecule has 0 saturated carbocycles. The largest absolute Gasteiger partial charge is 0.493 e. The fourth-order valence-corrected chi connectivity index (χ4v) is 3.84. The summed E-state index contributed by atoms with van der Waals surface area (Å²) in [6.45, 7) is 4.06. The molecule has 178 valence electrons. The van der Waals surface area contributed by atoms with Crippen molar-refractivity contribution in [1.29, 1.82) is 0 Å². The van der Waals surface area contributed by atoms with Crippen LogP contribution in [0, 0.1) is 5.82 Å². The molecule has 1 N–H and O–H groups in total. The van der Waals surface area contributed by atoms with E-state index < -0.39 is 5.91 Å². The Kier molecular flexibility index (Phi) is 7.62. The van der Waals surface area contributed by atoms with E-state index in [9.17, 15) is 9.18 Å². The Morgan fingerprint density at radius 2 is 1.97 bits per heavy atom. The molecule has 0 bridgehead atoms. The Morgan fingerprint density at radius 1 is 1.17 bits per heavy atom. The van der Waals surface area contributed by atoms with Gasteiger partial charge in [-0.25, -0.2) is 9.82 Å². The van der Waals surface area contributed by atoms with Crippen LogP contribution in [-0.4, -0.2) is 19.2 Å². The molecule has 0 aliphatic heterocycles. The van der Waals surface area contributed by atoms with E-state index in [0.29, 0.717) is 29.1 Å². The first-order valence-corrected chi connectivity index (χ1v) is 11.5. The minimum atomic E-state index is -0.467. The lowest BCUT2D eigenvalue weighted by atomic mass is 10.1. The molecule has 0 aliphatic rings. The molecule has 1 amide bonds. The summed E-state index contributed by atoms with van der Waals surface area (Å²) in [5.74, 6) is 0.451. The predicted octanol–water partition coefficient (Wildman–Crippen LogP) is 6.41. The smallest absolute Gasteiger partial charge is 0.307 e. The lowest BCUT2D eigenvalue weighted by Gasteiger charge is -2.16. The standard InChI is InChI=1S/C27H22BrFN2O4/c1-3-4-19-11-18(12-24(33-2)26(19)34-16-17-5-8-22(29)9-6-17)15-30-31-27(32)25-14-20-13-21(28)7-10-23(20)35-25/h3,5-15H,1,4,16H2,2H3,(H,31,32)/b30-15+. The zero-order valence-corrected chi connectivity index (χ0v) is 20.5. The van der Waals surface area contributed by atoms with Gasteiger partial charge in [-0.15, -0.1) is 6.58 Å². The van der Waals surface area contributed by atoms with Crippen LogP contribution in [0.2, 0.25) is 0 Å². The van der Waals surface area contributed by atoms with Crippen LogP contribution >= 0.6 is 15.9 Å². The number of benzene rings is 3. The fourth-order valence-electron chi connectivity index (χ4n) is 3.46. The van der Waals surface area contributed by atoms with Gasteiger partial charge in [0.15, 0.2) is 17.3 Å².